The molecule has 5 rings (SSSR count). The zero-order valence-corrected chi connectivity index (χ0v) is 19.6. The van der Waals surface area contributed by atoms with Gasteiger partial charge in [0.1, 0.15) is 11.4 Å². The number of rotatable bonds is 5. The lowest BCUT2D eigenvalue weighted by Gasteiger charge is -2.30. The summed E-state index contributed by atoms with van der Waals surface area (Å²) in [4.78, 5) is 31.4. The summed E-state index contributed by atoms with van der Waals surface area (Å²) in [6.07, 6.45) is 0.762. The van der Waals surface area contributed by atoms with Crippen LogP contribution in [0.4, 0.5) is 0 Å². The van der Waals surface area contributed by atoms with Crippen LogP contribution in [0.15, 0.2) is 96.3 Å². The van der Waals surface area contributed by atoms with Crippen molar-refractivity contribution in [3.05, 3.63) is 119 Å². The van der Waals surface area contributed by atoms with E-state index in [4.69, 9.17) is 0 Å². The van der Waals surface area contributed by atoms with Gasteiger partial charge < -0.3 is 9.80 Å². The molecular formula is C30H30N2O2. The fourth-order valence-electron chi connectivity index (χ4n) is 5.09. The van der Waals surface area contributed by atoms with Gasteiger partial charge in [0.05, 0.1) is 0 Å². The number of Topliss-reactive ketones (excluding diaryl/α,β-unsaturated/α-hetero) is 2. The van der Waals surface area contributed by atoms with Crippen LogP contribution >= 0.6 is 0 Å². The monoisotopic (exact) mass is 450 g/mol. The highest BCUT2D eigenvalue weighted by Crippen LogP contribution is 2.36. The van der Waals surface area contributed by atoms with Crippen LogP contribution in [0, 0.1) is 6.92 Å². The van der Waals surface area contributed by atoms with Gasteiger partial charge in [-0.05, 0) is 29.5 Å². The Morgan fingerprint density at radius 1 is 0.676 bits per heavy atom. The summed E-state index contributed by atoms with van der Waals surface area (Å²) in [6, 6.07) is 28.7. The number of carbonyl (C=O) groups is 2. The first-order valence-corrected chi connectivity index (χ1v) is 12.0. The molecule has 1 aliphatic carbocycles. The summed E-state index contributed by atoms with van der Waals surface area (Å²) in [7, 11) is 0. The van der Waals surface area contributed by atoms with Gasteiger partial charge in [0.15, 0.2) is 11.6 Å². The van der Waals surface area contributed by atoms with Gasteiger partial charge >= 0.3 is 0 Å². The molecule has 0 amide bonds. The van der Waals surface area contributed by atoms with Gasteiger partial charge in [0.2, 0.25) is 0 Å². The molecule has 172 valence electrons. The number of allylic oxidation sites excluding steroid dienone is 1. The summed E-state index contributed by atoms with van der Waals surface area (Å²) in [6.45, 7) is 5.01. The first-order chi connectivity index (χ1) is 16.6. The van der Waals surface area contributed by atoms with E-state index in [9.17, 15) is 9.59 Å². The maximum absolute atomic E-state index is 13.5. The van der Waals surface area contributed by atoms with Crippen molar-refractivity contribution in [2.45, 2.75) is 38.8 Å². The van der Waals surface area contributed by atoms with Crippen molar-refractivity contribution >= 4 is 11.6 Å². The van der Waals surface area contributed by atoms with E-state index in [0.29, 0.717) is 31.5 Å². The second-order valence-electron chi connectivity index (χ2n) is 9.38. The van der Waals surface area contributed by atoms with Gasteiger partial charge in [-0.15, -0.1) is 0 Å². The lowest BCUT2D eigenvalue weighted by molar-refractivity contribution is -0.124. The lowest BCUT2D eigenvalue weighted by Crippen LogP contribution is -2.33. The molecule has 0 radical (unpaired) electrons. The Balaban J connectivity index is 1.48. The first kappa shape index (κ1) is 22.1. The van der Waals surface area contributed by atoms with Crippen LogP contribution in [0.25, 0.3) is 0 Å². The van der Waals surface area contributed by atoms with E-state index in [-0.39, 0.29) is 17.5 Å². The molecular weight excluding hydrogens is 420 g/mol. The Morgan fingerprint density at radius 3 is 1.62 bits per heavy atom. The molecule has 0 bridgehead atoms. The van der Waals surface area contributed by atoms with Crippen LogP contribution in [0.1, 0.15) is 41.0 Å². The van der Waals surface area contributed by atoms with Crippen molar-refractivity contribution < 1.29 is 9.59 Å². The van der Waals surface area contributed by atoms with E-state index in [0.717, 1.165) is 24.5 Å². The number of carbonyl (C=O) groups excluding carboxylic acids is 2. The van der Waals surface area contributed by atoms with E-state index >= 15 is 0 Å². The van der Waals surface area contributed by atoms with Crippen molar-refractivity contribution in [2.24, 2.45) is 0 Å². The minimum absolute atomic E-state index is 0.0325. The largest absolute Gasteiger partial charge is 0.351 e. The van der Waals surface area contributed by atoms with Crippen molar-refractivity contribution in [2.75, 3.05) is 13.1 Å². The summed E-state index contributed by atoms with van der Waals surface area (Å²) < 4.78 is 0. The number of hydrogen-bond acceptors (Lipinski definition) is 4. The Kier molecular flexibility index (Phi) is 6.31. The molecule has 3 aromatic rings. The van der Waals surface area contributed by atoms with Crippen LogP contribution in [-0.2, 0) is 22.7 Å². The third-order valence-corrected chi connectivity index (χ3v) is 6.87. The Bertz CT molecular complexity index is 1130. The lowest BCUT2D eigenvalue weighted by atomic mass is 9.79. The van der Waals surface area contributed by atoms with Crippen LogP contribution in [0.5, 0.6) is 0 Å². The van der Waals surface area contributed by atoms with E-state index in [1.165, 1.54) is 16.7 Å². The molecule has 1 saturated carbocycles. The molecule has 34 heavy (non-hydrogen) atoms. The highest BCUT2D eigenvalue weighted by Gasteiger charge is 2.38. The number of benzene rings is 3. The molecule has 3 aromatic carbocycles. The third kappa shape index (κ3) is 4.67. The average molecular weight is 451 g/mol. The quantitative estimate of drug-likeness (QED) is 0.394. The Morgan fingerprint density at radius 2 is 1.15 bits per heavy atom. The average Bonchev–Trinajstić information content (AvgIpc) is 3.22. The zero-order valence-electron chi connectivity index (χ0n) is 19.6. The fourth-order valence-corrected chi connectivity index (χ4v) is 5.09. The van der Waals surface area contributed by atoms with E-state index in [1.54, 1.807) is 0 Å². The minimum Gasteiger partial charge on any atom is -0.351 e. The standard InChI is InChI=1S/C30H30N2O2/c1-22-12-14-25(15-13-22)26-18-27(33)29(28(34)19-26)30-31(20-23-8-4-2-5-9-23)16-17-32(30)21-24-10-6-3-7-11-24/h2-15,26H,16-21H2,1H3. The molecule has 0 unspecified atom stereocenters. The van der Waals surface area contributed by atoms with Crippen LogP contribution < -0.4 is 0 Å². The molecule has 0 spiro atoms. The van der Waals surface area contributed by atoms with Crippen molar-refractivity contribution in [3.8, 4) is 0 Å². The fraction of sp³-hybridized carbons (Fsp3) is 0.267. The molecule has 2 aliphatic rings. The molecule has 0 N–H and O–H groups in total. The SMILES string of the molecule is Cc1ccc(C2CC(=O)C(=C3N(Cc4ccccc4)CCN3Cc3ccccc3)C(=O)C2)cc1. The smallest absolute Gasteiger partial charge is 0.170 e. The summed E-state index contributed by atoms with van der Waals surface area (Å²) in [5.41, 5.74) is 5.00. The second-order valence-corrected chi connectivity index (χ2v) is 9.38. The molecule has 4 nitrogen and oxygen atoms in total. The summed E-state index contributed by atoms with van der Waals surface area (Å²) in [5.74, 6) is 0.700. The topological polar surface area (TPSA) is 40.6 Å². The highest BCUT2D eigenvalue weighted by molar-refractivity contribution is 6.22. The first-order valence-electron chi connectivity index (χ1n) is 12.0. The second kappa shape index (κ2) is 9.68. The maximum atomic E-state index is 13.5. The predicted octanol–water partition coefficient (Wildman–Crippen LogP) is 5.24. The van der Waals surface area contributed by atoms with Gasteiger partial charge in [-0.1, -0.05) is 90.5 Å². The molecule has 1 saturated heterocycles. The minimum atomic E-state index is -0.0449. The predicted molar refractivity (Wildman–Crippen MR) is 134 cm³/mol. The van der Waals surface area contributed by atoms with Gasteiger partial charge in [0.25, 0.3) is 0 Å². The molecule has 0 atom stereocenters. The number of aryl methyl sites for hydroxylation is 1. The molecule has 2 fully saturated rings. The highest BCUT2D eigenvalue weighted by atomic mass is 16.2. The van der Waals surface area contributed by atoms with Crippen LogP contribution in [0.3, 0.4) is 0 Å². The Hall–Kier alpha value is -3.66. The third-order valence-electron chi connectivity index (χ3n) is 6.87. The summed E-state index contributed by atoms with van der Waals surface area (Å²) in [5, 5.41) is 0. The number of nitrogens with zero attached hydrogens (tertiary/aromatic N) is 2. The van der Waals surface area contributed by atoms with Crippen LogP contribution in [0.2, 0.25) is 0 Å². The van der Waals surface area contributed by atoms with Gasteiger partial charge in [-0.2, -0.15) is 0 Å². The van der Waals surface area contributed by atoms with Gasteiger partial charge in [-0.3, -0.25) is 9.59 Å². The molecule has 0 aromatic heterocycles. The molecule has 1 heterocycles. The molecule has 4 heteroatoms. The normalized spacial score (nSPS) is 18.7. The summed E-state index contributed by atoms with van der Waals surface area (Å²) >= 11 is 0. The van der Waals surface area contributed by atoms with E-state index in [1.807, 2.05) is 43.3 Å². The maximum Gasteiger partial charge on any atom is 0.170 e. The number of hydrogen-bond donors (Lipinski definition) is 0. The Labute approximate surface area is 201 Å². The van der Waals surface area contributed by atoms with E-state index < -0.39 is 0 Å². The van der Waals surface area contributed by atoms with E-state index in [2.05, 4.69) is 58.3 Å². The number of ketones is 2. The van der Waals surface area contributed by atoms with Crippen molar-refractivity contribution in [1.82, 2.24) is 9.80 Å². The molecule has 1 aliphatic heterocycles. The zero-order chi connectivity index (χ0) is 23.5. The van der Waals surface area contributed by atoms with Gasteiger partial charge in [-0.25, -0.2) is 0 Å². The van der Waals surface area contributed by atoms with Gasteiger partial charge in [0, 0.05) is 39.0 Å². The van der Waals surface area contributed by atoms with Crippen molar-refractivity contribution in [3.63, 3.8) is 0 Å². The van der Waals surface area contributed by atoms with Crippen LogP contribution in [-0.4, -0.2) is 34.5 Å². The van der Waals surface area contributed by atoms with Crippen molar-refractivity contribution in [1.29, 1.82) is 0 Å².